The summed E-state index contributed by atoms with van der Waals surface area (Å²) >= 11 is 0. The van der Waals surface area contributed by atoms with E-state index >= 15 is 0 Å². The van der Waals surface area contributed by atoms with Crippen LogP contribution in [0.15, 0.2) is 70.7 Å². The van der Waals surface area contributed by atoms with Gasteiger partial charge in [-0.2, -0.15) is 0 Å². The minimum absolute atomic E-state index is 0.0522. The van der Waals surface area contributed by atoms with Gasteiger partial charge in [-0.05, 0) is 48.7 Å². The van der Waals surface area contributed by atoms with Gasteiger partial charge in [-0.3, -0.25) is 14.4 Å². The van der Waals surface area contributed by atoms with Crippen molar-refractivity contribution in [3.8, 4) is 0 Å². The standard InChI is InChI=1S/C26H27N3O5/c1-16-5-3-4-6-21(16)22(14-23(29-34)20-13-17(2)25(32)28-15-20)18-7-9-19(10-8-18)26(33)27-12-11-24(30)31/h3-10,13,15,22,34H,11-12,14H2,1-2H3,(H,27,33)(H,28,32)(H,30,31)/b29-23+. The summed E-state index contributed by atoms with van der Waals surface area (Å²) in [5.74, 6) is -1.50. The normalized spacial score (nSPS) is 12.2. The molecule has 3 aromatic rings. The molecular weight excluding hydrogens is 434 g/mol. The number of carboxylic acid groups (broad SMARTS) is 1. The number of carbonyl (C=O) groups is 2. The number of rotatable bonds is 9. The SMILES string of the molecule is Cc1ccccc1C(C/C(=N\O)c1c[nH]c(=O)c(C)c1)c1ccc(C(=O)NCCC(=O)O)cc1. The first kappa shape index (κ1) is 24.4. The zero-order valence-corrected chi connectivity index (χ0v) is 19.0. The Hall–Kier alpha value is -4.20. The van der Waals surface area contributed by atoms with E-state index in [-0.39, 0.29) is 30.3 Å². The van der Waals surface area contributed by atoms with Gasteiger partial charge in [0.25, 0.3) is 11.5 Å². The number of carbonyl (C=O) groups excluding carboxylic acids is 1. The number of nitrogens with zero attached hydrogens (tertiary/aromatic N) is 1. The molecule has 0 bridgehead atoms. The van der Waals surface area contributed by atoms with Gasteiger partial charge in [0.15, 0.2) is 0 Å². The van der Waals surface area contributed by atoms with Crippen LogP contribution in [0.25, 0.3) is 0 Å². The Labute approximate surface area is 197 Å². The second-order valence-electron chi connectivity index (χ2n) is 8.08. The van der Waals surface area contributed by atoms with Crippen LogP contribution in [0.5, 0.6) is 0 Å². The molecule has 3 rings (SSSR count). The van der Waals surface area contributed by atoms with Crippen LogP contribution < -0.4 is 10.9 Å². The molecule has 8 heteroatoms. The number of hydrogen-bond donors (Lipinski definition) is 4. The molecule has 34 heavy (non-hydrogen) atoms. The number of aromatic amines is 1. The van der Waals surface area contributed by atoms with Crippen LogP contribution in [0.1, 0.15) is 56.9 Å². The number of nitrogens with one attached hydrogen (secondary N) is 2. The van der Waals surface area contributed by atoms with E-state index in [1.54, 1.807) is 25.1 Å². The van der Waals surface area contributed by atoms with E-state index in [0.29, 0.717) is 28.8 Å². The third kappa shape index (κ3) is 5.98. The molecule has 176 valence electrons. The van der Waals surface area contributed by atoms with Gasteiger partial charge in [-0.25, -0.2) is 0 Å². The van der Waals surface area contributed by atoms with Crippen LogP contribution in [-0.2, 0) is 4.79 Å². The second-order valence-corrected chi connectivity index (χ2v) is 8.08. The Morgan fingerprint density at radius 1 is 1.03 bits per heavy atom. The lowest BCUT2D eigenvalue weighted by molar-refractivity contribution is -0.136. The van der Waals surface area contributed by atoms with Crippen molar-refractivity contribution >= 4 is 17.6 Å². The van der Waals surface area contributed by atoms with E-state index in [0.717, 1.165) is 16.7 Å². The van der Waals surface area contributed by atoms with E-state index in [2.05, 4.69) is 15.5 Å². The molecule has 4 N–H and O–H groups in total. The molecule has 1 unspecified atom stereocenters. The smallest absolute Gasteiger partial charge is 0.305 e. The Kier molecular flexibility index (Phi) is 7.97. The molecule has 0 fully saturated rings. The van der Waals surface area contributed by atoms with Crippen LogP contribution >= 0.6 is 0 Å². The number of hydrogen-bond acceptors (Lipinski definition) is 5. The van der Waals surface area contributed by atoms with Crippen molar-refractivity contribution in [2.24, 2.45) is 5.16 Å². The van der Waals surface area contributed by atoms with Gasteiger partial charge in [-0.15, -0.1) is 0 Å². The molecule has 0 aliphatic heterocycles. The van der Waals surface area contributed by atoms with Crippen LogP contribution in [0.4, 0.5) is 0 Å². The van der Waals surface area contributed by atoms with E-state index in [1.807, 2.05) is 43.3 Å². The van der Waals surface area contributed by atoms with E-state index in [4.69, 9.17) is 5.11 Å². The molecule has 1 aromatic heterocycles. The van der Waals surface area contributed by atoms with Crippen molar-refractivity contribution in [2.45, 2.75) is 32.6 Å². The number of H-pyrrole nitrogens is 1. The highest BCUT2D eigenvalue weighted by Crippen LogP contribution is 2.32. The Morgan fingerprint density at radius 3 is 2.35 bits per heavy atom. The molecule has 0 saturated heterocycles. The monoisotopic (exact) mass is 461 g/mol. The number of oxime groups is 1. The van der Waals surface area contributed by atoms with Crippen molar-refractivity contribution in [1.82, 2.24) is 10.3 Å². The molecule has 8 nitrogen and oxygen atoms in total. The Balaban J connectivity index is 1.92. The molecule has 2 aromatic carbocycles. The number of aliphatic carboxylic acids is 1. The van der Waals surface area contributed by atoms with Gasteiger partial charge in [0.2, 0.25) is 0 Å². The van der Waals surface area contributed by atoms with Crippen LogP contribution in [-0.4, -0.2) is 39.4 Å². The quantitative estimate of drug-likeness (QED) is 0.220. The van der Waals surface area contributed by atoms with Crippen LogP contribution in [0, 0.1) is 13.8 Å². The summed E-state index contributed by atoms with van der Waals surface area (Å²) in [6, 6.07) is 16.7. The fourth-order valence-electron chi connectivity index (χ4n) is 3.81. The third-order valence-electron chi connectivity index (χ3n) is 5.70. The van der Waals surface area contributed by atoms with E-state index in [1.165, 1.54) is 6.20 Å². The lowest BCUT2D eigenvalue weighted by atomic mass is 9.83. The summed E-state index contributed by atoms with van der Waals surface area (Å²) in [5.41, 5.74) is 4.80. The largest absolute Gasteiger partial charge is 0.481 e. The summed E-state index contributed by atoms with van der Waals surface area (Å²) in [6.45, 7) is 3.75. The van der Waals surface area contributed by atoms with Gasteiger partial charge in [0.1, 0.15) is 0 Å². The van der Waals surface area contributed by atoms with Crippen LogP contribution in [0.3, 0.4) is 0 Å². The topological polar surface area (TPSA) is 132 Å². The second kappa shape index (κ2) is 11.1. The molecule has 0 saturated carbocycles. The van der Waals surface area contributed by atoms with E-state index < -0.39 is 5.97 Å². The zero-order chi connectivity index (χ0) is 24.7. The molecule has 1 atom stereocenters. The number of benzene rings is 2. The van der Waals surface area contributed by atoms with Crippen molar-refractivity contribution in [2.75, 3.05) is 6.54 Å². The zero-order valence-electron chi connectivity index (χ0n) is 19.0. The van der Waals surface area contributed by atoms with Crippen LogP contribution in [0.2, 0.25) is 0 Å². The fourth-order valence-corrected chi connectivity index (χ4v) is 3.81. The molecule has 0 radical (unpaired) electrons. The summed E-state index contributed by atoms with van der Waals surface area (Å²) in [7, 11) is 0. The molecule has 1 amide bonds. The fraction of sp³-hybridized carbons (Fsp3) is 0.231. The lowest BCUT2D eigenvalue weighted by Crippen LogP contribution is -2.26. The molecule has 0 aliphatic carbocycles. The number of carboxylic acids is 1. The van der Waals surface area contributed by atoms with Gasteiger partial charge in [0.05, 0.1) is 12.1 Å². The number of amides is 1. The molecule has 0 aliphatic rings. The molecule has 0 spiro atoms. The number of aromatic nitrogens is 1. The maximum Gasteiger partial charge on any atom is 0.305 e. The first-order chi connectivity index (χ1) is 16.3. The number of aryl methyl sites for hydroxylation is 2. The van der Waals surface area contributed by atoms with Crippen molar-refractivity contribution in [3.63, 3.8) is 0 Å². The first-order valence-corrected chi connectivity index (χ1v) is 10.9. The summed E-state index contributed by atoms with van der Waals surface area (Å²) in [5, 5.41) is 24.6. The molecule has 1 heterocycles. The lowest BCUT2D eigenvalue weighted by Gasteiger charge is -2.21. The number of pyridine rings is 1. The van der Waals surface area contributed by atoms with Gasteiger partial charge >= 0.3 is 5.97 Å². The minimum Gasteiger partial charge on any atom is -0.481 e. The highest BCUT2D eigenvalue weighted by molar-refractivity contribution is 6.01. The highest BCUT2D eigenvalue weighted by Gasteiger charge is 2.21. The van der Waals surface area contributed by atoms with Crippen molar-refractivity contribution in [3.05, 3.63) is 105 Å². The van der Waals surface area contributed by atoms with Crippen molar-refractivity contribution in [1.29, 1.82) is 0 Å². The van der Waals surface area contributed by atoms with E-state index in [9.17, 15) is 19.6 Å². The predicted molar refractivity (Wildman–Crippen MR) is 129 cm³/mol. The summed E-state index contributed by atoms with van der Waals surface area (Å²) < 4.78 is 0. The average molecular weight is 462 g/mol. The summed E-state index contributed by atoms with van der Waals surface area (Å²) in [6.07, 6.45) is 1.74. The maximum atomic E-state index is 12.3. The maximum absolute atomic E-state index is 12.3. The average Bonchev–Trinajstić information content (AvgIpc) is 2.82. The predicted octanol–water partition coefficient (Wildman–Crippen LogP) is 3.60. The highest BCUT2D eigenvalue weighted by atomic mass is 16.4. The third-order valence-corrected chi connectivity index (χ3v) is 5.70. The van der Waals surface area contributed by atoms with Gasteiger partial charge < -0.3 is 20.6 Å². The Bertz CT molecular complexity index is 1260. The van der Waals surface area contributed by atoms with Gasteiger partial charge in [0, 0.05) is 41.8 Å². The van der Waals surface area contributed by atoms with Crippen molar-refractivity contribution < 1.29 is 19.9 Å². The summed E-state index contributed by atoms with van der Waals surface area (Å²) in [4.78, 5) is 37.4. The Morgan fingerprint density at radius 2 is 1.74 bits per heavy atom. The van der Waals surface area contributed by atoms with Gasteiger partial charge in [-0.1, -0.05) is 41.6 Å². The molecular formula is C26H27N3O5. The minimum atomic E-state index is -0.976. The first-order valence-electron chi connectivity index (χ1n) is 10.9.